The Morgan fingerprint density at radius 1 is 1.00 bits per heavy atom. The van der Waals surface area contributed by atoms with Gasteiger partial charge < -0.3 is 10.4 Å². The zero-order valence-corrected chi connectivity index (χ0v) is 10.9. The molecule has 0 saturated carbocycles. The molecule has 21 heavy (non-hydrogen) atoms. The number of hydrogen-bond acceptors (Lipinski definition) is 2. The molecular formula is C15H13F4NO. The molecular weight excluding hydrogens is 286 g/mol. The molecule has 0 aliphatic carbocycles. The van der Waals surface area contributed by atoms with Crippen molar-refractivity contribution in [1.29, 1.82) is 0 Å². The second kappa shape index (κ2) is 6.13. The van der Waals surface area contributed by atoms with Crippen molar-refractivity contribution in [3.63, 3.8) is 0 Å². The maximum atomic E-state index is 13.2. The monoisotopic (exact) mass is 299 g/mol. The Balaban J connectivity index is 2.13. The number of nitrogens with one attached hydrogen (secondary N) is 1. The van der Waals surface area contributed by atoms with Crippen molar-refractivity contribution in [3.05, 3.63) is 65.0 Å². The van der Waals surface area contributed by atoms with Crippen LogP contribution in [0.3, 0.4) is 0 Å². The van der Waals surface area contributed by atoms with Crippen LogP contribution < -0.4 is 5.32 Å². The molecule has 6 heteroatoms. The van der Waals surface area contributed by atoms with Gasteiger partial charge in [0.25, 0.3) is 0 Å². The fraction of sp³-hybridized carbons (Fsp3) is 0.200. The van der Waals surface area contributed by atoms with Gasteiger partial charge in [0.15, 0.2) is 0 Å². The average Bonchev–Trinajstić information content (AvgIpc) is 2.45. The highest BCUT2D eigenvalue weighted by atomic mass is 19.4. The van der Waals surface area contributed by atoms with Crippen LogP contribution in [-0.4, -0.2) is 5.11 Å². The molecule has 2 aromatic carbocycles. The van der Waals surface area contributed by atoms with E-state index in [4.69, 9.17) is 5.11 Å². The number of alkyl halides is 3. The first-order valence-electron chi connectivity index (χ1n) is 6.19. The van der Waals surface area contributed by atoms with Crippen LogP contribution >= 0.6 is 0 Å². The van der Waals surface area contributed by atoms with E-state index < -0.39 is 17.6 Å². The van der Waals surface area contributed by atoms with Gasteiger partial charge in [0.05, 0.1) is 12.2 Å². The number of rotatable bonds is 4. The summed E-state index contributed by atoms with van der Waals surface area (Å²) in [4.78, 5) is 0. The Morgan fingerprint density at radius 3 is 2.43 bits per heavy atom. The molecule has 0 spiro atoms. The van der Waals surface area contributed by atoms with Gasteiger partial charge in [-0.15, -0.1) is 0 Å². The predicted molar refractivity (Wildman–Crippen MR) is 71.1 cm³/mol. The number of anilines is 1. The van der Waals surface area contributed by atoms with Crippen LogP contribution in [0.1, 0.15) is 16.7 Å². The van der Waals surface area contributed by atoms with Crippen LogP contribution in [0.25, 0.3) is 0 Å². The maximum absolute atomic E-state index is 13.2. The van der Waals surface area contributed by atoms with Gasteiger partial charge in [-0.05, 0) is 35.4 Å². The van der Waals surface area contributed by atoms with Crippen molar-refractivity contribution in [2.45, 2.75) is 19.3 Å². The summed E-state index contributed by atoms with van der Waals surface area (Å²) in [5, 5.41) is 11.9. The lowest BCUT2D eigenvalue weighted by Gasteiger charge is -2.11. The molecule has 2 nitrogen and oxygen atoms in total. The van der Waals surface area contributed by atoms with Crippen molar-refractivity contribution in [2.75, 3.05) is 5.32 Å². The van der Waals surface area contributed by atoms with Crippen molar-refractivity contribution in [2.24, 2.45) is 0 Å². The van der Waals surface area contributed by atoms with E-state index in [2.05, 4.69) is 5.32 Å². The smallest absolute Gasteiger partial charge is 0.392 e. The zero-order valence-electron chi connectivity index (χ0n) is 10.9. The van der Waals surface area contributed by atoms with Crippen LogP contribution in [0.4, 0.5) is 23.2 Å². The molecule has 0 aliphatic rings. The summed E-state index contributed by atoms with van der Waals surface area (Å²) in [6.45, 7) is 0.00251. The molecule has 0 bridgehead atoms. The molecule has 0 saturated heterocycles. The van der Waals surface area contributed by atoms with E-state index in [1.165, 1.54) is 6.07 Å². The molecule has 112 valence electrons. The lowest BCUT2D eigenvalue weighted by molar-refractivity contribution is -0.140. The highest BCUT2D eigenvalue weighted by Gasteiger charge is 2.34. The summed E-state index contributed by atoms with van der Waals surface area (Å²) in [5.41, 5.74) is 0.401. The van der Waals surface area contributed by atoms with Gasteiger partial charge in [0.1, 0.15) is 5.82 Å². The zero-order chi connectivity index (χ0) is 15.5. The lowest BCUT2D eigenvalue weighted by Crippen LogP contribution is -2.10. The van der Waals surface area contributed by atoms with Crippen LogP contribution in [-0.2, 0) is 19.3 Å². The Morgan fingerprint density at radius 2 is 1.76 bits per heavy atom. The van der Waals surface area contributed by atoms with Gasteiger partial charge in [0.2, 0.25) is 0 Å². The summed E-state index contributed by atoms with van der Waals surface area (Å²) in [6.07, 6.45) is -4.71. The summed E-state index contributed by atoms with van der Waals surface area (Å²) in [5.74, 6) is -1.28. The second-order valence-electron chi connectivity index (χ2n) is 4.52. The van der Waals surface area contributed by atoms with E-state index in [0.29, 0.717) is 16.8 Å². The van der Waals surface area contributed by atoms with E-state index in [1.54, 1.807) is 24.3 Å². The molecule has 0 amide bonds. The number of hydrogen-bond donors (Lipinski definition) is 2. The summed E-state index contributed by atoms with van der Waals surface area (Å²) in [6, 6.07) is 9.77. The van der Waals surface area contributed by atoms with Gasteiger partial charge in [-0.1, -0.05) is 18.2 Å². The average molecular weight is 299 g/mol. The molecule has 0 atom stereocenters. The molecule has 2 aromatic rings. The molecule has 0 aliphatic heterocycles. The van der Waals surface area contributed by atoms with Crippen molar-refractivity contribution in [3.8, 4) is 0 Å². The summed E-state index contributed by atoms with van der Waals surface area (Å²) >= 11 is 0. The maximum Gasteiger partial charge on any atom is 0.419 e. The lowest BCUT2D eigenvalue weighted by atomic mass is 10.1. The molecule has 2 rings (SSSR count). The highest BCUT2D eigenvalue weighted by molar-refractivity contribution is 5.46. The first-order valence-corrected chi connectivity index (χ1v) is 6.19. The van der Waals surface area contributed by atoms with Gasteiger partial charge in [-0.3, -0.25) is 0 Å². The second-order valence-corrected chi connectivity index (χ2v) is 4.52. The van der Waals surface area contributed by atoms with Gasteiger partial charge in [0, 0.05) is 12.2 Å². The van der Waals surface area contributed by atoms with Crippen molar-refractivity contribution < 1.29 is 22.7 Å². The minimum atomic E-state index is -4.71. The van der Waals surface area contributed by atoms with Crippen molar-refractivity contribution >= 4 is 5.69 Å². The fourth-order valence-corrected chi connectivity index (χ4v) is 1.88. The minimum absolute atomic E-state index is 0.121. The Labute approximate surface area is 119 Å². The van der Waals surface area contributed by atoms with Gasteiger partial charge in [-0.2, -0.15) is 13.2 Å². The Kier molecular flexibility index (Phi) is 4.47. The van der Waals surface area contributed by atoms with Crippen LogP contribution in [0.2, 0.25) is 0 Å². The topological polar surface area (TPSA) is 32.3 Å². The third-order valence-corrected chi connectivity index (χ3v) is 2.94. The molecule has 2 N–H and O–H groups in total. The highest BCUT2D eigenvalue weighted by Crippen LogP contribution is 2.32. The minimum Gasteiger partial charge on any atom is -0.392 e. The van der Waals surface area contributed by atoms with Crippen LogP contribution in [0.15, 0.2) is 42.5 Å². The molecule has 0 fully saturated rings. The quantitative estimate of drug-likeness (QED) is 0.838. The van der Waals surface area contributed by atoms with Crippen molar-refractivity contribution in [1.82, 2.24) is 0 Å². The molecule has 0 heterocycles. The predicted octanol–water partition coefficient (Wildman–Crippen LogP) is 3.95. The van der Waals surface area contributed by atoms with E-state index in [-0.39, 0.29) is 13.2 Å². The Hall–Kier alpha value is -2.08. The third-order valence-electron chi connectivity index (χ3n) is 2.94. The van der Waals surface area contributed by atoms with Crippen LogP contribution in [0.5, 0.6) is 0 Å². The van der Waals surface area contributed by atoms with Crippen LogP contribution in [0, 0.1) is 5.82 Å². The van der Waals surface area contributed by atoms with E-state index in [9.17, 15) is 17.6 Å². The standard InChI is InChI=1S/C15H13F4NO/c16-14-5-4-10(7-13(14)15(17,18)19)8-20-12-3-1-2-11(6-12)9-21/h1-7,20-21H,8-9H2. The SMILES string of the molecule is OCc1cccc(NCc2ccc(F)c(C(F)(F)F)c2)c1. The Bertz CT molecular complexity index is 625. The van der Waals surface area contributed by atoms with E-state index in [0.717, 1.165) is 12.1 Å². The van der Waals surface area contributed by atoms with Gasteiger partial charge >= 0.3 is 6.18 Å². The number of aliphatic hydroxyl groups is 1. The number of benzene rings is 2. The first kappa shape index (κ1) is 15.3. The summed E-state index contributed by atoms with van der Waals surface area (Å²) < 4.78 is 51.0. The number of aliphatic hydroxyl groups excluding tert-OH is 1. The largest absolute Gasteiger partial charge is 0.419 e. The normalized spacial score (nSPS) is 11.5. The third kappa shape index (κ3) is 3.95. The summed E-state index contributed by atoms with van der Waals surface area (Å²) in [7, 11) is 0. The number of halogens is 4. The van der Waals surface area contributed by atoms with Gasteiger partial charge in [-0.25, -0.2) is 4.39 Å². The van der Waals surface area contributed by atoms with E-state index >= 15 is 0 Å². The fourth-order valence-electron chi connectivity index (χ4n) is 1.88. The molecule has 0 unspecified atom stereocenters. The van der Waals surface area contributed by atoms with E-state index in [1.807, 2.05) is 0 Å². The molecule has 0 aromatic heterocycles. The molecule has 0 radical (unpaired) electrons. The first-order chi connectivity index (χ1) is 9.90.